The first-order valence-corrected chi connectivity index (χ1v) is 6.67. The minimum Gasteiger partial charge on any atom is -0.254 e. The number of hydrogen-bond donors (Lipinski definition) is 0. The first-order chi connectivity index (χ1) is 7.05. The van der Waals surface area contributed by atoms with Crippen LogP contribution in [0.5, 0.6) is 0 Å². The van der Waals surface area contributed by atoms with Crippen molar-refractivity contribution >= 4 is 10.8 Å². The van der Waals surface area contributed by atoms with Crippen LogP contribution in [0.25, 0.3) is 0 Å². The largest absolute Gasteiger partial charge is 0.254 e. The third-order valence-electron chi connectivity index (χ3n) is 3.43. The standard InChI is InChI=1S/C13H18OS/c1-10(2)12-9-13(12,3)15(14)11-7-5-4-6-8-11/h4-8,10,12H,9H2,1-3H3/t12?,13-,15+/m1/s1. The van der Waals surface area contributed by atoms with E-state index < -0.39 is 10.8 Å². The maximum absolute atomic E-state index is 12.4. The summed E-state index contributed by atoms with van der Waals surface area (Å²) in [4.78, 5) is 0.975. The lowest BCUT2D eigenvalue weighted by atomic mass is 10.1. The molecule has 0 radical (unpaired) electrons. The smallest absolute Gasteiger partial charge is 0.0592 e. The van der Waals surface area contributed by atoms with E-state index in [9.17, 15) is 4.21 Å². The molecule has 2 heteroatoms. The Morgan fingerprint density at radius 3 is 2.40 bits per heavy atom. The molecule has 0 aliphatic heterocycles. The van der Waals surface area contributed by atoms with E-state index in [0.29, 0.717) is 11.8 Å². The van der Waals surface area contributed by atoms with Crippen molar-refractivity contribution in [3.8, 4) is 0 Å². The van der Waals surface area contributed by atoms with Crippen LogP contribution in [-0.4, -0.2) is 8.96 Å². The van der Waals surface area contributed by atoms with E-state index in [0.717, 1.165) is 11.3 Å². The minimum absolute atomic E-state index is 0.0233. The quantitative estimate of drug-likeness (QED) is 0.767. The van der Waals surface area contributed by atoms with Gasteiger partial charge in [-0.25, -0.2) is 0 Å². The summed E-state index contributed by atoms with van der Waals surface area (Å²) in [6.45, 7) is 6.59. The van der Waals surface area contributed by atoms with Gasteiger partial charge in [-0.2, -0.15) is 0 Å². The average molecular weight is 222 g/mol. The Morgan fingerprint density at radius 2 is 1.93 bits per heavy atom. The van der Waals surface area contributed by atoms with Gasteiger partial charge in [0, 0.05) is 4.90 Å². The molecule has 82 valence electrons. The SMILES string of the molecule is CC(C)C1C[C@@]1(C)[S@@](=O)c1ccccc1. The van der Waals surface area contributed by atoms with Gasteiger partial charge in [-0.3, -0.25) is 4.21 Å². The Morgan fingerprint density at radius 1 is 1.33 bits per heavy atom. The molecule has 2 rings (SSSR count). The molecule has 15 heavy (non-hydrogen) atoms. The second-order valence-electron chi connectivity index (χ2n) is 4.95. The van der Waals surface area contributed by atoms with Gasteiger partial charge >= 0.3 is 0 Å². The molecule has 0 amide bonds. The maximum Gasteiger partial charge on any atom is 0.0592 e. The second-order valence-corrected chi connectivity index (χ2v) is 6.89. The van der Waals surface area contributed by atoms with Crippen LogP contribution in [0.1, 0.15) is 27.2 Å². The van der Waals surface area contributed by atoms with Crippen LogP contribution in [-0.2, 0) is 10.8 Å². The minimum atomic E-state index is -0.840. The Labute approximate surface area is 94.4 Å². The van der Waals surface area contributed by atoms with Crippen molar-refractivity contribution in [2.24, 2.45) is 11.8 Å². The van der Waals surface area contributed by atoms with E-state index in [1.54, 1.807) is 0 Å². The van der Waals surface area contributed by atoms with Gasteiger partial charge in [-0.1, -0.05) is 32.0 Å². The van der Waals surface area contributed by atoms with Crippen LogP contribution < -0.4 is 0 Å². The molecule has 1 unspecified atom stereocenters. The summed E-state index contributed by atoms with van der Waals surface area (Å²) >= 11 is 0. The molecule has 1 aliphatic carbocycles. The third kappa shape index (κ3) is 1.87. The predicted molar refractivity (Wildman–Crippen MR) is 64.2 cm³/mol. The Hall–Kier alpha value is -0.630. The van der Waals surface area contributed by atoms with Gasteiger partial charge in [0.05, 0.1) is 15.5 Å². The second kappa shape index (κ2) is 3.75. The van der Waals surface area contributed by atoms with Crippen LogP contribution in [0, 0.1) is 11.8 Å². The summed E-state index contributed by atoms with van der Waals surface area (Å²) in [6.07, 6.45) is 1.10. The summed E-state index contributed by atoms with van der Waals surface area (Å²) in [7, 11) is -0.840. The summed E-state index contributed by atoms with van der Waals surface area (Å²) in [5, 5.41) is 0. The van der Waals surface area contributed by atoms with Crippen molar-refractivity contribution < 1.29 is 4.21 Å². The fourth-order valence-corrected chi connectivity index (χ4v) is 4.17. The monoisotopic (exact) mass is 222 g/mol. The summed E-state index contributed by atoms with van der Waals surface area (Å²) in [6, 6.07) is 9.83. The van der Waals surface area contributed by atoms with E-state index in [-0.39, 0.29) is 4.75 Å². The highest BCUT2D eigenvalue weighted by atomic mass is 32.2. The highest BCUT2D eigenvalue weighted by Gasteiger charge is 2.56. The average Bonchev–Trinajstić information content (AvgIpc) is 2.93. The molecule has 3 atom stereocenters. The molecule has 1 aliphatic rings. The normalized spacial score (nSPS) is 31.6. The Kier molecular flexibility index (Phi) is 2.72. The van der Waals surface area contributed by atoms with Crippen molar-refractivity contribution in [1.82, 2.24) is 0 Å². The van der Waals surface area contributed by atoms with E-state index in [4.69, 9.17) is 0 Å². The fraction of sp³-hybridized carbons (Fsp3) is 0.538. The lowest BCUT2D eigenvalue weighted by molar-refractivity contribution is 0.535. The molecule has 1 aromatic carbocycles. The molecular weight excluding hydrogens is 204 g/mol. The lowest BCUT2D eigenvalue weighted by Gasteiger charge is -2.13. The molecule has 0 aromatic heterocycles. The van der Waals surface area contributed by atoms with Gasteiger partial charge < -0.3 is 0 Å². The van der Waals surface area contributed by atoms with Crippen LogP contribution in [0.2, 0.25) is 0 Å². The topological polar surface area (TPSA) is 17.1 Å². The zero-order valence-corrected chi connectivity index (χ0v) is 10.4. The number of benzene rings is 1. The van der Waals surface area contributed by atoms with Gasteiger partial charge in [0.25, 0.3) is 0 Å². The number of rotatable bonds is 3. The van der Waals surface area contributed by atoms with Crippen molar-refractivity contribution in [3.63, 3.8) is 0 Å². The third-order valence-corrected chi connectivity index (χ3v) is 5.45. The zero-order chi connectivity index (χ0) is 11.1. The van der Waals surface area contributed by atoms with Gasteiger partial charge in [0.1, 0.15) is 0 Å². The fourth-order valence-electron chi connectivity index (χ4n) is 2.35. The molecule has 0 N–H and O–H groups in total. The van der Waals surface area contributed by atoms with Crippen LogP contribution in [0.3, 0.4) is 0 Å². The van der Waals surface area contributed by atoms with Gasteiger partial charge in [0.15, 0.2) is 0 Å². The summed E-state index contributed by atoms with van der Waals surface area (Å²) in [5.74, 6) is 1.27. The maximum atomic E-state index is 12.4. The van der Waals surface area contributed by atoms with Gasteiger partial charge in [-0.05, 0) is 37.3 Å². The molecule has 0 spiro atoms. The van der Waals surface area contributed by atoms with Crippen molar-refractivity contribution in [1.29, 1.82) is 0 Å². The molecule has 1 saturated carbocycles. The van der Waals surface area contributed by atoms with Crippen LogP contribution in [0.4, 0.5) is 0 Å². The predicted octanol–water partition coefficient (Wildman–Crippen LogP) is 3.23. The first kappa shape index (κ1) is 10.9. The van der Waals surface area contributed by atoms with Crippen LogP contribution >= 0.6 is 0 Å². The molecule has 1 aromatic rings. The highest BCUT2D eigenvalue weighted by Crippen LogP contribution is 2.53. The molecule has 1 nitrogen and oxygen atoms in total. The number of hydrogen-bond acceptors (Lipinski definition) is 1. The summed E-state index contributed by atoms with van der Waals surface area (Å²) in [5.41, 5.74) is 0. The van der Waals surface area contributed by atoms with Crippen molar-refractivity contribution in [2.45, 2.75) is 36.8 Å². The Balaban J connectivity index is 2.18. The molecule has 0 bridgehead atoms. The molecule has 1 fully saturated rings. The van der Waals surface area contributed by atoms with E-state index >= 15 is 0 Å². The van der Waals surface area contributed by atoms with Crippen molar-refractivity contribution in [3.05, 3.63) is 30.3 Å². The first-order valence-electron chi connectivity index (χ1n) is 5.52. The molecular formula is C13H18OS. The lowest BCUT2D eigenvalue weighted by Crippen LogP contribution is -2.17. The Bertz CT molecular complexity index is 371. The van der Waals surface area contributed by atoms with Gasteiger partial charge in [0.2, 0.25) is 0 Å². The zero-order valence-electron chi connectivity index (χ0n) is 9.57. The van der Waals surface area contributed by atoms with E-state index in [2.05, 4.69) is 20.8 Å². The van der Waals surface area contributed by atoms with E-state index in [1.165, 1.54) is 0 Å². The van der Waals surface area contributed by atoms with Crippen LogP contribution in [0.15, 0.2) is 35.2 Å². The van der Waals surface area contributed by atoms with E-state index in [1.807, 2.05) is 30.3 Å². The van der Waals surface area contributed by atoms with Crippen molar-refractivity contribution in [2.75, 3.05) is 0 Å². The molecule has 0 heterocycles. The highest BCUT2D eigenvalue weighted by molar-refractivity contribution is 7.86. The summed E-state index contributed by atoms with van der Waals surface area (Å²) < 4.78 is 12.4. The molecule has 0 saturated heterocycles. The van der Waals surface area contributed by atoms with Gasteiger partial charge in [-0.15, -0.1) is 0 Å².